The number of carbonyl (C=O) groups excluding carboxylic acids is 2. The maximum Gasteiger partial charge on any atom is 0.318 e. The van der Waals surface area contributed by atoms with Crippen molar-refractivity contribution in [2.24, 2.45) is 0 Å². The van der Waals surface area contributed by atoms with E-state index in [0.29, 0.717) is 11.6 Å². The lowest BCUT2D eigenvalue weighted by atomic mass is 10.1. The Balaban J connectivity index is 1.89. The van der Waals surface area contributed by atoms with Gasteiger partial charge in [-0.2, -0.15) is 0 Å². The maximum absolute atomic E-state index is 13.1. The van der Waals surface area contributed by atoms with Crippen LogP contribution in [0.25, 0.3) is 16.9 Å². The number of benzene rings is 2. The zero-order valence-corrected chi connectivity index (χ0v) is 21.5. The molecule has 0 spiro atoms. The van der Waals surface area contributed by atoms with E-state index in [1.165, 1.54) is 4.90 Å². The SMILES string of the molecule is COc1ccc(-c2cn(-c3ccc(C)cc3)c(NC(=O)CN(C(=O)NC(C)(C)C)C(C)C)n2)cc1. The Hall–Kier alpha value is -3.81. The van der Waals surface area contributed by atoms with Crippen LogP contribution in [0.2, 0.25) is 0 Å². The number of rotatable bonds is 7. The molecule has 0 saturated carbocycles. The second-order valence-corrected chi connectivity index (χ2v) is 9.83. The normalized spacial score (nSPS) is 11.3. The molecular formula is C27H35N5O3. The highest BCUT2D eigenvalue weighted by Crippen LogP contribution is 2.26. The van der Waals surface area contributed by atoms with Crippen LogP contribution in [0, 0.1) is 6.92 Å². The lowest BCUT2D eigenvalue weighted by Crippen LogP contribution is -2.52. The Labute approximate surface area is 207 Å². The van der Waals surface area contributed by atoms with Gasteiger partial charge in [0.05, 0.1) is 12.8 Å². The second-order valence-electron chi connectivity index (χ2n) is 9.83. The van der Waals surface area contributed by atoms with Crippen LogP contribution in [0.1, 0.15) is 40.2 Å². The van der Waals surface area contributed by atoms with Crippen LogP contribution in [0.15, 0.2) is 54.7 Å². The number of hydrogen-bond acceptors (Lipinski definition) is 4. The van der Waals surface area contributed by atoms with Gasteiger partial charge in [-0.3, -0.25) is 14.7 Å². The molecule has 8 heteroatoms. The van der Waals surface area contributed by atoms with Gasteiger partial charge in [0.1, 0.15) is 12.3 Å². The molecule has 0 aliphatic heterocycles. The topological polar surface area (TPSA) is 88.5 Å². The molecule has 2 aromatic carbocycles. The van der Waals surface area contributed by atoms with Crippen molar-refractivity contribution < 1.29 is 14.3 Å². The molecule has 1 aromatic heterocycles. The van der Waals surface area contributed by atoms with Crippen LogP contribution < -0.4 is 15.4 Å². The summed E-state index contributed by atoms with van der Waals surface area (Å²) in [5.41, 5.74) is 3.18. The smallest absolute Gasteiger partial charge is 0.318 e. The van der Waals surface area contributed by atoms with Crippen molar-refractivity contribution >= 4 is 17.9 Å². The third-order valence-corrected chi connectivity index (χ3v) is 5.34. The zero-order valence-electron chi connectivity index (χ0n) is 21.5. The molecule has 186 valence electrons. The molecular weight excluding hydrogens is 442 g/mol. The van der Waals surface area contributed by atoms with Gasteiger partial charge in [0.15, 0.2) is 0 Å². The molecule has 0 fully saturated rings. The van der Waals surface area contributed by atoms with Crippen molar-refractivity contribution in [1.82, 2.24) is 19.8 Å². The molecule has 0 radical (unpaired) electrons. The molecule has 0 saturated heterocycles. The van der Waals surface area contributed by atoms with Gasteiger partial charge < -0.3 is 15.0 Å². The van der Waals surface area contributed by atoms with E-state index in [0.717, 1.165) is 22.6 Å². The first-order chi connectivity index (χ1) is 16.5. The summed E-state index contributed by atoms with van der Waals surface area (Å²) in [5.74, 6) is 0.801. The molecule has 2 N–H and O–H groups in total. The Morgan fingerprint density at radius 1 is 1.06 bits per heavy atom. The summed E-state index contributed by atoms with van der Waals surface area (Å²) >= 11 is 0. The number of nitrogens with zero attached hydrogens (tertiary/aromatic N) is 3. The van der Waals surface area contributed by atoms with Crippen LogP contribution in [0.3, 0.4) is 0 Å². The summed E-state index contributed by atoms with van der Waals surface area (Å²) < 4.78 is 7.09. The fraction of sp³-hybridized carbons (Fsp3) is 0.370. The highest BCUT2D eigenvalue weighted by molar-refractivity contribution is 5.93. The molecule has 0 bridgehead atoms. The van der Waals surface area contributed by atoms with Crippen molar-refractivity contribution in [2.45, 2.75) is 53.1 Å². The van der Waals surface area contributed by atoms with Crippen LogP contribution in [-0.2, 0) is 4.79 Å². The van der Waals surface area contributed by atoms with E-state index in [4.69, 9.17) is 9.72 Å². The highest BCUT2D eigenvalue weighted by atomic mass is 16.5. The van der Waals surface area contributed by atoms with Gasteiger partial charge in [-0.15, -0.1) is 0 Å². The predicted octanol–water partition coefficient (Wildman–Crippen LogP) is 5.01. The minimum absolute atomic E-state index is 0.0990. The van der Waals surface area contributed by atoms with Crippen molar-refractivity contribution in [3.63, 3.8) is 0 Å². The number of aromatic nitrogens is 2. The largest absolute Gasteiger partial charge is 0.497 e. The Bertz CT molecular complexity index is 1160. The number of imidazole rings is 1. The fourth-order valence-corrected chi connectivity index (χ4v) is 3.47. The van der Waals surface area contributed by atoms with E-state index >= 15 is 0 Å². The quantitative estimate of drug-likeness (QED) is 0.500. The molecule has 0 aliphatic carbocycles. The van der Waals surface area contributed by atoms with E-state index in [1.807, 2.05) is 101 Å². The Morgan fingerprint density at radius 3 is 2.23 bits per heavy atom. The average Bonchev–Trinajstić information content (AvgIpc) is 3.20. The fourth-order valence-electron chi connectivity index (χ4n) is 3.47. The summed E-state index contributed by atoms with van der Waals surface area (Å²) in [5, 5.41) is 5.83. The standard InChI is InChI=1S/C27H35N5O3/c1-18(2)31(26(34)30-27(4,5)6)17-24(33)29-25-28-23(20-10-14-22(35-7)15-11-20)16-32(25)21-12-8-19(3)9-13-21/h8-16,18H,17H2,1-7H3,(H,30,34)(H,28,29,33). The van der Waals surface area contributed by atoms with E-state index < -0.39 is 5.54 Å². The Morgan fingerprint density at radius 2 is 1.69 bits per heavy atom. The van der Waals surface area contributed by atoms with Gasteiger partial charge in [0.2, 0.25) is 11.9 Å². The summed E-state index contributed by atoms with van der Waals surface area (Å²) in [6.07, 6.45) is 1.88. The number of aryl methyl sites for hydroxylation is 1. The van der Waals surface area contributed by atoms with Crippen LogP contribution in [-0.4, -0.2) is 51.6 Å². The summed E-state index contributed by atoms with van der Waals surface area (Å²) in [6.45, 7) is 11.4. The first-order valence-corrected chi connectivity index (χ1v) is 11.7. The average molecular weight is 478 g/mol. The van der Waals surface area contributed by atoms with Crippen molar-refractivity contribution in [3.05, 3.63) is 60.3 Å². The molecule has 0 atom stereocenters. The lowest BCUT2D eigenvalue weighted by Gasteiger charge is -2.30. The molecule has 0 aliphatic rings. The van der Waals surface area contributed by atoms with Crippen LogP contribution in [0.5, 0.6) is 5.75 Å². The van der Waals surface area contributed by atoms with Crippen molar-refractivity contribution in [2.75, 3.05) is 19.0 Å². The lowest BCUT2D eigenvalue weighted by molar-refractivity contribution is -0.117. The summed E-state index contributed by atoms with van der Waals surface area (Å²) in [7, 11) is 1.62. The van der Waals surface area contributed by atoms with Gasteiger partial charge in [-0.25, -0.2) is 9.78 Å². The summed E-state index contributed by atoms with van der Waals surface area (Å²) in [4.78, 5) is 32.0. The van der Waals surface area contributed by atoms with E-state index in [2.05, 4.69) is 10.6 Å². The molecule has 0 unspecified atom stereocenters. The molecule has 35 heavy (non-hydrogen) atoms. The minimum atomic E-state index is -0.407. The zero-order chi connectivity index (χ0) is 25.8. The summed E-state index contributed by atoms with van der Waals surface area (Å²) in [6, 6.07) is 15.1. The van der Waals surface area contributed by atoms with Gasteiger partial charge in [-0.1, -0.05) is 17.7 Å². The third kappa shape index (κ3) is 6.85. The predicted molar refractivity (Wildman–Crippen MR) is 139 cm³/mol. The Kier molecular flexibility index (Phi) is 7.84. The van der Waals surface area contributed by atoms with Gasteiger partial charge >= 0.3 is 6.03 Å². The van der Waals surface area contributed by atoms with Gasteiger partial charge in [0.25, 0.3) is 0 Å². The van der Waals surface area contributed by atoms with Crippen molar-refractivity contribution in [3.8, 4) is 22.7 Å². The first-order valence-electron chi connectivity index (χ1n) is 11.7. The van der Waals surface area contributed by atoms with Crippen LogP contribution >= 0.6 is 0 Å². The number of ether oxygens (including phenoxy) is 1. The van der Waals surface area contributed by atoms with E-state index in [1.54, 1.807) is 7.11 Å². The second kappa shape index (κ2) is 10.6. The van der Waals surface area contributed by atoms with Gasteiger partial charge in [-0.05, 0) is 77.9 Å². The third-order valence-electron chi connectivity index (χ3n) is 5.34. The van der Waals surface area contributed by atoms with E-state index in [9.17, 15) is 9.59 Å². The highest BCUT2D eigenvalue weighted by Gasteiger charge is 2.25. The number of urea groups is 1. The maximum atomic E-state index is 13.1. The number of methoxy groups -OCH3 is 1. The molecule has 3 amide bonds. The number of carbonyl (C=O) groups is 2. The number of anilines is 1. The van der Waals surface area contributed by atoms with E-state index in [-0.39, 0.29) is 24.5 Å². The van der Waals surface area contributed by atoms with Crippen molar-refractivity contribution in [1.29, 1.82) is 0 Å². The molecule has 3 aromatic rings. The molecule has 8 nitrogen and oxygen atoms in total. The minimum Gasteiger partial charge on any atom is -0.497 e. The number of nitrogens with one attached hydrogen (secondary N) is 2. The monoisotopic (exact) mass is 477 g/mol. The molecule has 1 heterocycles. The molecule has 3 rings (SSSR count). The number of hydrogen-bond donors (Lipinski definition) is 2. The van der Waals surface area contributed by atoms with Crippen LogP contribution in [0.4, 0.5) is 10.7 Å². The number of amides is 3. The first kappa shape index (κ1) is 25.8. The van der Waals surface area contributed by atoms with Gasteiger partial charge in [0, 0.05) is 29.0 Å².